The minimum absolute atomic E-state index is 0.127. The lowest BCUT2D eigenvalue weighted by Crippen LogP contribution is -2.24. The Labute approximate surface area is 159 Å². The largest absolute Gasteiger partial charge is 0.493 e. The second-order valence-corrected chi connectivity index (χ2v) is 6.00. The van der Waals surface area contributed by atoms with Crippen LogP contribution in [0.2, 0.25) is 0 Å². The van der Waals surface area contributed by atoms with Crippen LogP contribution in [-0.2, 0) is 0 Å². The topological polar surface area (TPSA) is 72.4 Å². The Kier molecular flexibility index (Phi) is 5.71. The molecule has 27 heavy (non-hydrogen) atoms. The minimum Gasteiger partial charge on any atom is -0.493 e. The van der Waals surface area contributed by atoms with Gasteiger partial charge < -0.3 is 19.7 Å². The third kappa shape index (κ3) is 4.25. The van der Waals surface area contributed by atoms with Gasteiger partial charge >= 0.3 is 0 Å². The number of nitrogens with zero attached hydrogens (tertiary/aromatic N) is 4. The van der Waals surface area contributed by atoms with Crippen molar-refractivity contribution in [1.29, 1.82) is 0 Å². The smallest absolute Gasteiger partial charge is 0.232 e. The Morgan fingerprint density at radius 3 is 2.41 bits per heavy atom. The van der Waals surface area contributed by atoms with E-state index >= 15 is 0 Å². The van der Waals surface area contributed by atoms with Gasteiger partial charge in [-0.05, 0) is 24.6 Å². The van der Waals surface area contributed by atoms with Gasteiger partial charge in [0.15, 0.2) is 11.5 Å². The number of ether oxygens (including phenoxy) is 2. The van der Waals surface area contributed by atoms with Gasteiger partial charge in [0.25, 0.3) is 0 Å². The lowest BCUT2D eigenvalue weighted by molar-refractivity contribution is 0.355. The maximum atomic E-state index is 5.33. The predicted molar refractivity (Wildman–Crippen MR) is 106 cm³/mol. The lowest BCUT2D eigenvalue weighted by atomic mass is 10.1. The van der Waals surface area contributed by atoms with Crippen molar-refractivity contribution in [2.75, 3.05) is 31.5 Å². The van der Waals surface area contributed by atoms with Crippen molar-refractivity contribution in [1.82, 2.24) is 15.0 Å². The molecule has 2 aromatic carbocycles. The van der Waals surface area contributed by atoms with Crippen LogP contribution in [0.25, 0.3) is 0 Å². The van der Waals surface area contributed by atoms with E-state index in [1.54, 1.807) is 14.2 Å². The fourth-order valence-electron chi connectivity index (χ4n) is 2.69. The van der Waals surface area contributed by atoms with Crippen molar-refractivity contribution in [3.63, 3.8) is 0 Å². The second kappa shape index (κ2) is 8.35. The van der Waals surface area contributed by atoms with Gasteiger partial charge in [0.1, 0.15) is 6.33 Å². The van der Waals surface area contributed by atoms with Crippen LogP contribution in [0.5, 0.6) is 11.5 Å². The van der Waals surface area contributed by atoms with E-state index in [0.717, 1.165) is 5.69 Å². The molecule has 0 amide bonds. The number of hydrogen-bond acceptors (Lipinski definition) is 7. The molecule has 0 saturated heterocycles. The number of benzene rings is 2. The average molecular weight is 365 g/mol. The SMILES string of the molecule is COc1ccc(Nc2ncnc(N(C)[C@H](C)c3ccccc3)n2)cc1OC. The van der Waals surface area contributed by atoms with Crippen LogP contribution >= 0.6 is 0 Å². The first-order valence-corrected chi connectivity index (χ1v) is 8.58. The summed E-state index contributed by atoms with van der Waals surface area (Å²) in [4.78, 5) is 15.1. The molecule has 0 aliphatic heterocycles. The van der Waals surface area contributed by atoms with Crippen molar-refractivity contribution in [3.8, 4) is 11.5 Å². The fourth-order valence-corrected chi connectivity index (χ4v) is 2.69. The summed E-state index contributed by atoms with van der Waals surface area (Å²) in [5.74, 6) is 2.34. The van der Waals surface area contributed by atoms with E-state index in [0.29, 0.717) is 23.4 Å². The number of nitrogens with one attached hydrogen (secondary N) is 1. The van der Waals surface area contributed by atoms with Crippen molar-refractivity contribution in [2.45, 2.75) is 13.0 Å². The molecule has 0 aliphatic rings. The molecule has 0 spiro atoms. The van der Waals surface area contributed by atoms with Crippen LogP contribution in [0.1, 0.15) is 18.5 Å². The molecular formula is C20H23N5O2. The number of rotatable bonds is 7. The molecule has 3 rings (SSSR count). The van der Waals surface area contributed by atoms with Crippen LogP contribution in [0, 0.1) is 0 Å². The van der Waals surface area contributed by atoms with Gasteiger partial charge in [0.2, 0.25) is 11.9 Å². The maximum absolute atomic E-state index is 5.33. The highest BCUT2D eigenvalue weighted by atomic mass is 16.5. The number of aromatic nitrogens is 3. The first-order valence-electron chi connectivity index (χ1n) is 8.58. The van der Waals surface area contributed by atoms with E-state index in [1.165, 1.54) is 11.9 Å². The van der Waals surface area contributed by atoms with E-state index in [9.17, 15) is 0 Å². The minimum atomic E-state index is 0.127. The third-order valence-corrected chi connectivity index (χ3v) is 4.38. The monoisotopic (exact) mass is 365 g/mol. The van der Waals surface area contributed by atoms with E-state index < -0.39 is 0 Å². The van der Waals surface area contributed by atoms with Gasteiger partial charge in [0, 0.05) is 18.8 Å². The lowest BCUT2D eigenvalue weighted by Gasteiger charge is -2.25. The highest BCUT2D eigenvalue weighted by Crippen LogP contribution is 2.31. The van der Waals surface area contributed by atoms with Crippen molar-refractivity contribution in [3.05, 3.63) is 60.4 Å². The van der Waals surface area contributed by atoms with E-state index in [4.69, 9.17) is 9.47 Å². The molecule has 1 aromatic heterocycles. The first-order chi connectivity index (χ1) is 13.1. The summed E-state index contributed by atoms with van der Waals surface area (Å²) in [5, 5.41) is 3.18. The molecule has 0 unspecified atom stereocenters. The zero-order chi connectivity index (χ0) is 19.2. The molecule has 1 heterocycles. The summed E-state index contributed by atoms with van der Waals surface area (Å²) >= 11 is 0. The molecule has 1 N–H and O–H groups in total. The molecule has 0 radical (unpaired) electrons. The summed E-state index contributed by atoms with van der Waals surface area (Å²) in [7, 11) is 5.17. The highest BCUT2D eigenvalue weighted by Gasteiger charge is 2.15. The Bertz CT molecular complexity index is 889. The zero-order valence-corrected chi connectivity index (χ0v) is 15.9. The third-order valence-electron chi connectivity index (χ3n) is 4.38. The van der Waals surface area contributed by atoms with Crippen LogP contribution in [0.15, 0.2) is 54.9 Å². The number of anilines is 3. The zero-order valence-electron chi connectivity index (χ0n) is 15.9. The van der Waals surface area contributed by atoms with E-state index in [2.05, 4.69) is 39.3 Å². The van der Waals surface area contributed by atoms with Crippen LogP contribution < -0.4 is 19.7 Å². The molecule has 7 nitrogen and oxygen atoms in total. The Hall–Kier alpha value is -3.35. The fraction of sp³-hybridized carbons (Fsp3) is 0.250. The van der Waals surface area contributed by atoms with E-state index in [-0.39, 0.29) is 6.04 Å². The Morgan fingerprint density at radius 2 is 1.70 bits per heavy atom. The van der Waals surface area contributed by atoms with Gasteiger partial charge in [-0.1, -0.05) is 30.3 Å². The highest BCUT2D eigenvalue weighted by molar-refractivity contribution is 5.60. The second-order valence-electron chi connectivity index (χ2n) is 6.00. The molecule has 140 valence electrons. The Morgan fingerprint density at radius 1 is 0.963 bits per heavy atom. The summed E-state index contributed by atoms with van der Waals surface area (Å²) < 4.78 is 10.6. The number of methoxy groups -OCH3 is 2. The molecule has 0 aliphatic carbocycles. The van der Waals surface area contributed by atoms with Gasteiger partial charge in [0.05, 0.1) is 20.3 Å². The van der Waals surface area contributed by atoms with Gasteiger partial charge in [-0.2, -0.15) is 4.98 Å². The summed E-state index contributed by atoms with van der Waals surface area (Å²) in [6, 6.07) is 15.9. The van der Waals surface area contributed by atoms with Crippen LogP contribution in [0.4, 0.5) is 17.6 Å². The van der Waals surface area contributed by atoms with Crippen molar-refractivity contribution in [2.24, 2.45) is 0 Å². The van der Waals surface area contributed by atoms with Crippen LogP contribution in [-0.4, -0.2) is 36.2 Å². The van der Waals surface area contributed by atoms with Crippen LogP contribution in [0.3, 0.4) is 0 Å². The molecule has 0 bridgehead atoms. The molecule has 0 saturated carbocycles. The van der Waals surface area contributed by atoms with Crippen molar-refractivity contribution >= 4 is 17.6 Å². The quantitative estimate of drug-likeness (QED) is 0.682. The molecule has 1 atom stereocenters. The summed E-state index contributed by atoms with van der Waals surface area (Å²) in [6.45, 7) is 2.11. The van der Waals surface area contributed by atoms with Gasteiger partial charge in [-0.25, -0.2) is 9.97 Å². The summed E-state index contributed by atoms with van der Waals surface area (Å²) in [5.41, 5.74) is 1.98. The number of hydrogen-bond donors (Lipinski definition) is 1. The maximum Gasteiger partial charge on any atom is 0.232 e. The van der Waals surface area contributed by atoms with E-state index in [1.807, 2.05) is 48.3 Å². The average Bonchev–Trinajstić information content (AvgIpc) is 2.73. The first kappa shape index (κ1) is 18.4. The molecule has 0 fully saturated rings. The molecule has 3 aromatic rings. The summed E-state index contributed by atoms with van der Waals surface area (Å²) in [6.07, 6.45) is 1.50. The van der Waals surface area contributed by atoms with Crippen molar-refractivity contribution < 1.29 is 9.47 Å². The molecule has 7 heteroatoms. The molecular weight excluding hydrogens is 342 g/mol. The normalized spacial score (nSPS) is 11.6. The Balaban J connectivity index is 1.79. The van der Waals surface area contributed by atoms with Gasteiger partial charge in [-0.15, -0.1) is 0 Å². The standard InChI is InChI=1S/C20H23N5O2/c1-14(15-8-6-5-7-9-15)25(2)20-22-13-21-19(24-20)23-16-10-11-17(26-3)18(12-16)27-4/h5-14H,1-4H3,(H,21,22,23,24)/t14-/m1/s1. The van der Waals surface area contributed by atoms with Gasteiger partial charge in [-0.3, -0.25) is 0 Å². The predicted octanol–water partition coefficient (Wildman–Crippen LogP) is 3.83.